The summed E-state index contributed by atoms with van der Waals surface area (Å²) in [6, 6.07) is 11.9. The Morgan fingerprint density at radius 3 is 2.79 bits per heavy atom. The molecular weight excluding hydrogens is 258 g/mol. The average molecular weight is 268 g/mol. The maximum absolute atomic E-state index is 6.57. The van der Waals surface area contributed by atoms with Crippen molar-refractivity contribution in [3.8, 4) is 0 Å². The molecule has 0 aliphatic carbocycles. The lowest BCUT2D eigenvalue weighted by Gasteiger charge is -2.06. The summed E-state index contributed by atoms with van der Waals surface area (Å²) >= 11 is 6.57. The van der Waals surface area contributed by atoms with Crippen molar-refractivity contribution >= 4 is 44.4 Å². The lowest BCUT2D eigenvalue weighted by Crippen LogP contribution is -1.88. The maximum atomic E-state index is 6.57. The largest absolute Gasteiger partial charge is 0.334 e. The molecule has 0 unspecified atom stereocenters. The highest BCUT2D eigenvalue weighted by Crippen LogP contribution is 2.34. The normalized spacial score (nSPS) is 11.7. The van der Waals surface area contributed by atoms with Gasteiger partial charge < -0.3 is 4.57 Å². The Balaban J connectivity index is 2.33. The molecule has 0 saturated heterocycles. The summed E-state index contributed by atoms with van der Waals surface area (Å²) in [6.07, 6.45) is 1.80. The van der Waals surface area contributed by atoms with Crippen LogP contribution in [0.5, 0.6) is 0 Å². The zero-order chi connectivity index (χ0) is 13.0. The molecule has 19 heavy (non-hydrogen) atoms. The van der Waals surface area contributed by atoms with Crippen LogP contribution in [0.25, 0.3) is 32.8 Å². The Morgan fingerprint density at radius 2 is 1.89 bits per heavy atom. The lowest BCUT2D eigenvalue weighted by molar-refractivity contribution is 0.948. The van der Waals surface area contributed by atoms with Crippen molar-refractivity contribution in [3.05, 3.63) is 47.7 Å². The number of para-hydroxylation sites is 1. The molecule has 0 aliphatic rings. The lowest BCUT2D eigenvalue weighted by atomic mass is 10.1. The first-order chi connectivity index (χ1) is 9.25. The number of benzene rings is 2. The second-order valence-electron chi connectivity index (χ2n) is 4.63. The third-order valence-corrected chi connectivity index (χ3v) is 3.87. The van der Waals surface area contributed by atoms with E-state index < -0.39 is 0 Å². The van der Waals surface area contributed by atoms with Crippen LogP contribution in [0.15, 0.2) is 42.7 Å². The predicted molar refractivity (Wildman–Crippen MR) is 78.5 cm³/mol. The summed E-state index contributed by atoms with van der Waals surface area (Å²) in [4.78, 5) is 9.12. The summed E-state index contributed by atoms with van der Waals surface area (Å²) < 4.78 is 1.99. The molecule has 0 fully saturated rings. The predicted octanol–water partition coefficient (Wildman–Crippen LogP) is 3.93. The fourth-order valence-corrected chi connectivity index (χ4v) is 2.87. The molecule has 0 N–H and O–H groups in total. The summed E-state index contributed by atoms with van der Waals surface area (Å²) in [7, 11) is 1.98. The molecular formula is C15H10ClN3. The number of halogens is 1. The van der Waals surface area contributed by atoms with Gasteiger partial charge in [0, 0.05) is 17.8 Å². The van der Waals surface area contributed by atoms with Gasteiger partial charge in [-0.05, 0) is 18.2 Å². The van der Waals surface area contributed by atoms with Crippen LogP contribution in [-0.2, 0) is 7.05 Å². The molecule has 2 heterocycles. The van der Waals surface area contributed by atoms with Gasteiger partial charge in [-0.15, -0.1) is 0 Å². The Kier molecular flexibility index (Phi) is 2.09. The van der Waals surface area contributed by atoms with E-state index >= 15 is 0 Å². The van der Waals surface area contributed by atoms with Crippen molar-refractivity contribution in [2.75, 3.05) is 0 Å². The summed E-state index contributed by atoms with van der Waals surface area (Å²) in [5.41, 5.74) is 3.76. The SMILES string of the molecule is Cn1cnc2c3c(Cl)c4ccccc4nc3ccc21. The van der Waals surface area contributed by atoms with Crippen LogP contribution in [0.3, 0.4) is 0 Å². The fraction of sp³-hybridized carbons (Fsp3) is 0.0667. The van der Waals surface area contributed by atoms with Gasteiger partial charge in [0.1, 0.15) is 0 Å². The first-order valence-electron chi connectivity index (χ1n) is 6.04. The number of rotatable bonds is 0. The van der Waals surface area contributed by atoms with Gasteiger partial charge in [0.2, 0.25) is 0 Å². The molecule has 0 radical (unpaired) electrons. The number of aromatic nitrogens is 3. The van der Waals surface area contributed by atoms with Crippen LogP contribution in [0.4, 0.5) is 0 Å². The molecule has 2 aromatic heterocycles. The third kappa shape index (κ3) is 1.39. The minimum Gasteiger partial charge on any atom is -0.334 e. The average Bonchev–Trinajstić information content (AvgIpc) is 2.80. The van der Waals surface area contributed by atoms with E-state index in [0.717, 1.165) is 37.9 Å². The number of aryl methyl sites for hydroxylation is 1. The van der Waals surface area contributed by atoms with Crippen molar-refractivity contribution < 1.29 is 0 Å². The van der Waals surface area contributed by atoms with Gasteiger partial charge in [0.25, 0.3) is 0 Å². The molecule has 3 nitrogen and oxygen atoms in total. The minimum absolute atomic E-state index is 0.727. The van der Waals surface area contributed by atoms with Gasteiger partial charge in [0.15, 0.2) is 0 Å². The van der Waals surface area contributed by atoms with Crippen molar-refractivity contribution in [1.29, 1.82) is 0 Å². The van der Waals surface area contributed by atoms with E-state index in [1.165, 1.54) is 0 Å². The van der Waals surface area contributed by atoms with Gasteiger partial charge in [-0.3, -0.25) is 0 Å². The van der Waals surface area contributed by atoms with Crippen molar-refractivity contribution in [1.82, 2.24) is 14.5 Å². The van der Waals surface area contributed by atoms with E-state index in [2.05, 4.69) is 9.97 Å². The topological polar surface area (TPSA) is 30.7 Å². The number of imidazole rings is 1. The maximum Gasteiger partial charge on any atom is 0.0993 e. The van der Waals surface area contributed by atoms with E-state index in [1.54, 1.807) is 6.33 Å². The van der Waals surface area contributed by atoms with Gasteiger partial charge in [-0.2, -0.15) is 0 Å². The third-order valence-electron chi connectivity index (χ3n) is 3.48. The highest BCUT2D eigenvalue weighted by Gasteiger charge is 2.12. The molecule has 0 spiro atoms. The molecule has 0 bridgehead atoms. The van der Waals surface area contributed by atoms with Gasteiger partial charge in [-0.1, -0.05) is 29.8 Å². The quantitative estimate of drug-likeness (QED) is 0.452. The van der Waals surface area contributed by atoms with Crippen LogP contribution in [0, 0.1) is 0 Å². The van der Waals surface area contributed by atoms with Crippen molar-refractivity contribution in [2.24, 2.45) is 7.05 Å². The van der Waals surface area contributed by atoms with E-state index in [-0.39, 0.29) is 0 Å². The molecule has 0 saturated carbocycles. The van der Waals surface area contributed by atoms with Gasteiger partial charge in [-0.25, -0.2) is 9.97 Å². The number of fused-ring (bicyclic) bond motifs is 4. The van der Waals surface area contributed by atoms with E-state index in [1.807, 2.05) is 48.0 Å². The molecule has 4 aromatic rings. The Morgan fingerprint density at radius 1 is 1.05 bits per heavy atom. The molecule has 0 aliphatic heterocycles. The Labute approximate surface area is 114 Å². The molecule has 2 aromatic carbocycles. The standard InChI is InChI=1S/C15H10ClN3/c1-19-8-17-15-12(19)7-6-11-13(15)14(16)9-4-2-3-5-10(9)18-11/h2-8H,1H3. The first-order valence-corrected chi connectivity index (χ1v) is 6.41. The highest BCUT2D eigenvalue weighted by molar-refractivity contribution is 6.42. The Hall–Kier alpha value is -2.13. The minimum atomic E-state index is 0.727. The highest BCUT2D eigenvalue weighted by atomic mass is 35.5. The van der Waals surface area contributed by atoms with Gasteiger partial charge >= 0.3 is 0 Å². The molecule has 92 valence electrons. The van der Waals surface area contributed by atoms with Crippen LogP contribution < -0.4 is 0 Å². The van der Waals surface area contributed by atoms with Crippen LogP contribution in [-0.4, -0.2) is 14.5 Å². The van der Waals surface area contributed by atoms with Crippen LogP contribution in [0.2, 0.25) is 5.02 Å². The summed E-state index contributed by atoms with van der Waals surface area (Å²) in [5.74, 6) is 0. The second-order valence-corrected chi connectivity index (χ2v) is 5.00. The molecule has 0 atom stereocenters. The van der Waals surface area contributed by atoms with Crippen LogP contribution in [0.1, 0.15) is 0 Å². The van der Waals surface area contributed by atoms with E-state index in [9.17, 15) is 0 Å². The first kappa shape index (κ1) is 10.8. The van der Waals surface area contributed by atoms with E-state index in [0.29, 0.717) is 0 Å². The molecule has 4 heteroatoms. The number of pyridine rings is 1. The van der Waals surface area contributed by atoms with Crippen molar-refractivity contribution in [2.45, 2.75) is 0 Å². The monoisotopic (exact) mass is 267 g/mol. The number of hydrogen-bond acceptors (Lipinski definition) is 2. The zero-order valence-electron chi connectivity index (χ0n) is 10.3. The van der Waals surface area contributed by atoms with E-state index in [4.69, 9.17) is 11.6 Å². The molecule has 4 rings (SSSR count). The van der Waals surface area contributed by atoms with Crippen LogP contribution >= 0.6 is 11.6 Å². The van der Waals surface area contributed by atoms with Gasteiger partial charge in [0.05, 0.1) is 33.4 Å². The Bertz CT molecular complexity index is 940. The number of hydrogen-bond donors (Lipinski definition) is 0. The fourth-order valence-electron chi connectivity index (χ4n) is 2.52. The number of nitrogens with zero attached hydrogens (tertiary/aromatic N) is 3. The summed E-state index contributed by atoms with van der Waals surface area (Å²) in [5, 5.41) is 2.62. The summed E-state index contributed by atoms with van der Waals surface area (Å²) in [6.45, 7) is 0. The zero-order valence-corrected chi connectivity index (χ0v) is 11.0. The van der Waals surface area contributed by atoms with Crippen molar-refractivity contribution in [3.63, 3.8) is 0 Å². The smallest absolute Gasteiger partial charge is 0.0993 e. The second kappa shape index (κ2) is 3.68. The molecule has 0 amide bonds.